The second-order valence-corrected chi connectivity index (χ2v) is 7.08. The van der Waals surface area contributed by atoms with E-state index in [-0.39, 0.29) is 18.1 Å². The van der Waals surface area contributed by atoms with Crippen molar-refractivity contribution in [2.24, 2.45) is 0 Å². The largest absolute Gasteiger partial charge is 0.317 e. The highest BCUT2D eigenvalue weighted by atomic mass is 32.2. The maximum Gasteiger partial charge on any atom is 0.241 e. The monoisotopic (exact) mass is 312 g/mol. The molecule has 112 valence electrons. The highest BCUT2D eigenvalue weighted by molar-refractivity contribution is 7.98. The normalized spacial score (nSPS) is 24.4. The number of nitrogens with one attached hydrogen (secondary N) is 1. The zero-order chi connectivity index (χ0) is 14.5. The van der Waals surface area contributed by atoms with Crippen LogP contribution in [0.3, 0.4) is 0 Å². The molecule has 2 rings (SSSR count). The van der Waals surface area contributed by atoms with Crippen molar-refractivity contribution in [3.63, 3.8) is 0 Å². The van der Waals surface area contributed by atoms with E-state index in [0.29, 0.717) is 6.04 Å². The summed E-state index contributed by atoms with van der Waals surface area (Å²) < 4.78 is 0. The van der Waals surface area contributed by atoms with Crippen LogP contribution in [0.5, 0.6) is 0 Å². The van der Waals surface area contributed by atoms with E-state index >= 15 is 0 Å². The van der Waals surface area contributed by atoms with Crippen LogP contribution in [0, 0.1) is 0 Å². The van der Waals surface area contributed by atoms with Crippen LogP contribution in [0.15, 0.2) is 17.5 Å². The highest BCUT2D eigenvalue weighted by Crippen LogP contribution is 2.33. The molecule has 0 spiro atoms. The smallest absolute Gasteiger partial charge is 0.241 e. The van der Waals surface area contributed by atoms with Gasteiger partial charge in [-0.1, -0.05) is 26.3 Å². The van der Waals surface area contributed by atoms with Crippen molar-refractivity contribution in [2.75, 3.05) is 12.0 Å². The van der Waals surface area contributed by atoms with Gasteiger partial charge in [-0.05, 0) is 30.5 Å². The van der Waals surface area contributed by atoms with E-state index < -0.39 is 0 Å². The van der Waals surface area contributed by atoms with E-state index in [9.17, 15) is 4.79 Å². The van der Waals surface area contributed by atoms with Crippen LogP contribution in [0.4, 0.5) is 0 Å². The lowest BCUT2D eigenvalue weighted by atomic mass is 10.1. The Morgan fingerprint density at radius 2 is 2.30 bits per heavy atom. The van der Waals surface area contributed by atoms with Crippen molar-refractivity contribution in [3.05, 3.63) is 22.4 Å². The fraction of sp³-hybridized carbons (Fsp3) is 0.667. The van der Waals surface area contributed by atoms with Gasteiger partial charge >= 0.3 is 0 Å². The Morgan fingerprint density at radius 1 is 1.50 bits per heavy atom. The van der Waals surface area contributed by atoms with Gasteiger partial charge in [-0.2, -0.15) is 11.8 Å². The van der Waals surface area contributed by atoms with E-state index in [2.05, 4.69) is 47.8 Å². The fourth-order valence-electron chi connectivity index (χ4n) is 2.79. The molecular weight excluding hydrogens is 288 g/mol. The van der Waals surface area contributed by atoms with E-state index in [0.717, 1.165) is 25.0 Å². The van der Waals surface area contributed by atoms with Gasteiger partial charge in [0.15, 0.2) is 0 Å². The summed E-state index contributed by atoms with van der Waals surface area (Å²) in [5, 5.41) is 5.63. The Balaban J connectivity index is 2.24. The molecule has 1 fully saturated rings. The molecule has 1 aromatic heterocycles. The van der Waals surface area contributed by atoms with Crippen molar-refractivity contribution in [3.8, 4) is 0 Å². The minimum Gasteiger partial charge on any atom is -0.317 e. The minimum absolute atomic E-state index is 0.0111. The number of thioether (sulfide) groups is 1. The molecule has 3 unspecified atom stereocenters. The van der Waals surface area contributed by atoms with Crippen LogP contribution in [0.1, 0.15) is 44.2 Å². The molecule has 2 heterocycles. The third-order valence-electron chi connectivity index (χ3n) is 3.80. The lowest BCUT2D eigenvalue weighted by Crippen LogP contribution is -2.41. The van der Waals surface area contributed by atoms with Crippen LogP contribution < -0.4 is 5.32 Å². The van der Waals surface area contributed by atoms with Gasteiger partial charge in [0, 0.05) is 16.7 Å². The average molecular weight is 313 g/mol. The molecule has 1 aromatic rings. The van der Waals surface area contributed by atoms with Crippen molar-refractivity contribution >= 4 is 29.0 Å². The third kappa shape index (κ3) is 3.21. The zero-order valence-corrected chi connectivity index (χ0v) is 14.1. The molecule has 1 amide bonds. The van der Waals surface area contributed by atoms with Gasteiger partial charge in [-0.3, -0.25) is 10.1 Å². The number of carbonyl (C=O) groups excluding carboxylic acids is 1. The average Bonchev–Trinajstić information content (AvgIpc) is 3.06. The van der Waals surface area contributed by atoms with E-state index in [4.69, 9.17) is 0 Å². The molecule has 1 aliphatic heterocycles. The molecule has 1 N–H and O–H groups in total. The Hall–Kier alpha value is -0.520. The quantitative estimate of drug-likeness (QED) is 0.836. The highest BCUT2D eigenvalue weighted by Gasteiger charge is 2.42. The fourth-order valence-corrected chi connectivity index (χ4v) is 4.35. The second-order valence-electron chi connectivity index (χ2n) is 5.19. The Kier molecular flexibility index (Phi) is 5.93. The van der Waals surface area contributed by atoms with Crippen molar-refractivity contribution in [1.29, 1.82) is 0 Å². The molecule has 1 saturated heterocycles. The number of hydrogen-bond donors (Lipinski definition) is 1. The van der Waals surface area contributed by atoms with Crippen LogP contribution in [-0.2, 0) is 4.79 Å². The SMILES string of the molecule is CCCC1NC(c2cccs2)N(C(CC)CSC)C1=O. The van der Waals surface area contributed by atoms with Crippen LogP contribution in [0.25, 0.3) is 0 Å². The molecule has 0 aliphatic carbocycles. The summed E-state index contributed by atoms with van der Waals surface area (Å²) in [6.07, 6.45) is 5.15. The first-order valence-electron chi connectivity index (χ1n) is 7.33. The van der Waals surface area contributed by atoms with E-state index in [1.807, 2.05) is 11.8 Å². The van der Waals surface area contributed by atoms with Crippen molar-refractivity contribution in [2.45, 2.75) is 51.4 Å². The van der Waals surface area contributed by atoms with Crippen LogP contribution in [0.2, 0.25) is 0 Å². The maximum atomic E-state index is 12.7. The Bertz CT molecular complexity index is 422. The van der Waals surface area contributed by atoms with Gasteiger partial charge < -0.3 is 4.90 Å². The number of nitrogens with zero attached hydrogens (tertiary/aromatic N) is 1. The van der Waals surface area contributed by atoms with Gasteiger partial charge in [0.05, 0.1) is 6.04 Å². The summed E-state index contributed by atoms with van der Waals surface area (Å²) in [6.45, 7) is 4.31. The first-order valence-corrected chi connectivity index (χ1v) is 9.60. The number of rotatable bonds is 7. The molecule has 0 radical (unpaired) electrons. The first-order chi connectivity index (χ1) is 9.72. The van der Waals surface area contributed by atoms with E-state index in [1.165, 1.54) is 4.88 Å². The molecule has 0 bridgehead atoms. The number of carbonyl (C=O) groups is 1. The molecule has 3 atom stereocenters. The van der Waals surface area contributed by atoms with Crippen LogP contribution >= 0.6 is 23.1 Å². The first kappa shape index (κ1) is 15.9. The van der Waals surface area contributed by atoms with Gasteiger partial charge in [0.1, 0.15) is 6.17 Å². The molecular formula is C15H24N2OS2. The second kappa shape index (κ2) is 7.48. The standard InChI is InChI=1S/C15H24N2OS2/c1-4-7-12-15(18)17(11(5-2)10-19-3)14(16-12)13-8-6-9-20-13/h6,8-9,11-12,14,16H,4-5,7,10H2,1-3H3. The van der Waals surface area contributed by atoms with Crippen molar-refractivity contribution in [1.82, 2.24) is 10.2 Å². The Morgan fingerprint density at radius 3 is 2.85 bits per heavy atom. The maximum absolute atomic E-state index is 12.7. The molecule has 20 heavy (non-hydrogen) atoms. The van der Waals surface area contributed by atoms with Gasteiger partial charge in [-0.25, -0.2) is 0 Å². The van der Waals surface area contributed by atoms with Gasteiger partial charge in [-0.15, -0.1) is 11.3 Å². The predicted molar refractivity (Wildman–Crippen MR) is 88.2 cm³/mol. The lowest BCUT2D eigenvalue weighted by molar-refractivity contribution is -0.132. The van der Waals surface area contributed by atoms with Crippen LogP contribution in [-0.4, -0.2) is 34.9 Å². The number of amides is 1. The summed E-state index contributed by atoms with van der Waals surface area (Å²) in [7, 11) is 0. The Labute approximate surface area is 130 Å². The zero-order valence-electron chi connectivity index (χ0n) is 12.5. The summed E-state index contributed by atoms with van der Waals surface area (Å²) in [5.41, 5.74) is 0. The molecule has 5 heteroatoms. The van der Waals surface area contributed by atoms with E-state index in [1.54, 1.807) is 11.3 Å². The molecule has 3 nitrogen and oxygen atoms in total. The topological polar surface area (TPSA) is 32.3 Å². The molecule has 0 saturated carbocycles. The van der Waals surface area contributed by atoms with Gasteiger partial charge in [0.25, 0.3) is 0 Å². The van der Waals surface area contributed by atoms with Crippen molar-refractivity contribution < 1.29 is 4.79 Å². The lowest BCUT2D eigenvalue weighted by Gasteiger charge is -2.31. The molecule has 1 aliphatic rings. The number of hydrogen-bond acceptors (Lipinski definition) is 4. The summed E-state index contributed by atoms with van der Waals surface area (Å²) >= 11 is 3.55. The predicted octanol–water partition coefficient (Wildman–Crippen LogP) is 3.49. The summed E-state index contributed by atoms with van der Waals surface area (Å²) in [4.78, 5) is 16.1. The third-order valence-corrected chi connectivity index (χ3v) is 5.45. The van der Waals surface area contributed by atoms with Gasteiger partial charge in [0.2, 0.25) is 5.91 Å². The summed E-state index contributed by atoms with van der Waals surface area (Å²) in [6, 6.07) is 4.50. The summed E-state index contributed by atoms with van der Waals surface area (Å²) in [5.74, 6) is 1.29. The molecule has 0 aromatic carbocycles. The minimum atomic E-state index is -0.0111. The number of thiophene rings is 1.